The minimum absolute atomic E-state index is 0.370. The van der Waals surface area contributed by atoms with E-state index in [9.17, 15) is 51.2 Å². The number of ether oxygens (including phenoxy) is 3. The van der Waals surface area contributed by atoms with Crippen LogP contribution in [0.4, 0.5) is 0 Å². The van der Waals surface area contributed by atoms with Crippen LogP contribution >= 0.6 is 0 Å². The predicted molar refractivity (Wildman–Crippen MR) is 294 cm³/mol. The number of azide groups is 1. The molecule has 84 heavy (non-hydrogen) atoms. The molecule has 2 fully saturated rings. The van der Waals surface area contributed by atoms with Gasteiger partial charge in [0.1, 0.15) is 30.5 Å². The molecule has 2 heterocycles. The van der Waals surface area contributed by atoms with Gasteiger partial charge in [-0.3, -0.25) is 33.6 Å². The highest BCUT2D eigenvalue weighted by Gasteiger charge is 2.86. The van der Waals surface area contributed by atoms with Gasteiger partial charge in [-0.2, -0.15) is 0 Å². The molecule has 428 valence electrons. The van der Waals surface area contributed by atoms with Crippen LogP contribution in [0.3, 0.4) is 0 Å². The molecular formula is C63H53N3O18. The van der Waals surface area contributed by atoms with Crippen LogP contribution in [0, 0.1) is 0 Å². The average Bonchev–Trinajstić information content (AvgIpc) is 0.730. The second kappa shape index (κ2) is 23.8. The van der Waals surface area contributed by atoms with Crippen molar-refractivity contribution in [1.29, 1.82) is 0 Å². The van der Waals surface area contributed by atoms with E-state index in [4.69, 9.17) is 14.2 Å². The molecule has 0 radical (unpaired) electrons. The molecule has 9 rings (SSSR count). The Kier molecular flexibility index (Phi) is 16.9. The molecule has 8 N–H and O–H groups in total. The third kappa shape index (κ3) is 9.40. The monoisotopic (exact) mass is 1140 g/mol. The Labute approximate surface area is 477 Å². The molecule has 2 saturated heterocycles. The van der Waals surface area contributed by atoms with Crippen molar-refractivity contribution in [2.24, 2.45) is 5.11 Å². The summed E-state index contributed by atoms with van der Waals surface area (Å²) < 4.78 is 18.5. The van der Waals surface area contributed by atoms with Gasteiger partial charge in [-0.25, -0.2) is 0 Å². The first-order valence-electron chi connectivity index (χ1n) is 26.0. The number of rotatable bonds is 21. The molecule has 12 atom stereocenters. The lowest BCUT2D eigenvalue weighted by atomic mass is 9.53. The first kappa shape index (κ1) is 59.7. The predicted octanol–water partition coefficient (Wildman–Crippen LogP) is 4.09. The molecule has 2 unspecified atom stereocenters. The normalized spacial score (nSPS) is 28.1. The highest BCUT2D eigenvalue weighted by molar-refractivity contribution is 6.20. The second-order valence-electron chi connectivity index (χ2n) is 20.0. The van der Waals surface area contributed by atoms with Crippen molar-refractivity contribution in [2.45, 2.75) is 70.4 Å². The quantitative estimate of drug-likeness (QED) is 0.0165. The molecule has 0 aromatic heterocycles. The van der Waals surface area contributed by atoms with Gasteiger partial charge < -0.3 is 55.1 Å². The minimum Gasteiger partial charge on any atom is -0.387 e. The fourth-order valence-electron chi connectivity index (χ4n) is 11.2. The van der Waals surface area contributed by atoms with Crippen molar-refractivity contribution in [3.05, 3.63) is 262 Å². The Balaban J connectivity index is 1.42. The van der Waals surface area contributed by atoms with Crippen LogP contribution in [0.25, 0.3) is 10.4 Å². The van der Waals surface area contributed by atoms with E-state index in [1.807, 2.05) is 0 Å². The summed E-state index contributed by atoms with van der Waals surface area (Å²) in [6, 6.07) is 42.5. The molecule has 21 nitrogen and oxygen atoms in total. The molecule has 2 aliphatic heterocycles. The fourth-order valence-corrected chi connectivity index (χ4v) is 11.2. The Morgan fingerprint density at radius 1 is 0.417 bits per heavy atom. The van der Waals surface area contributed by atoms with Crippen LogP contribution in [0.15, 0.2) is 217 Å². The number of benzene rings is 7. The van der Waals surface area contributed by atoms with Crippen molar-refractivity contribution in [2.75, 3.05) is 13.2 Å². The zero-order valence-corrected chi connectivity index (χ0v) is 44.1. The van der Waals surface area contributed by atoms with Gasteiger partial charge in [-0.15, -0.1) is 0 Å². The number of carbonyl (C=O) groups is 7. The summed E-state index contributed by atoms with van der Waals surface area (Å²) in [5.74, 6) is -12.5. The molecule has 0 aliphatic carbocycles. The van der Waals surface area contributed by atoms with Crippen molar-refractivity contribution in [3.63, 3.8) is 0 Å². The lowest BCUT2D eigenvalue weighted by Gasteiger charge is -2.62. The van der Waals surface area contributed by atoms with Gasteiger partial charge in [-0.05, 0) is 5.53 Å². The summed E-state index contributed by atoms with van der Waals surface area (Å²) in [5.41, 5.74) is -21.4. The van der Waals surface area contributed by atoms with Gasteiger partial charge in [0, 0.05) is 50.4 Å². The number of nitrogens with zero attached hydrogens (tertiary/aromatic N) is 3. The van der Waals surface area contributed by atoms with Gasteiger partial charge in [0.2, 0.25) is 51.5 Å². The first-order valence-corrected chi connectivity index (χ1v) is 26.0. The SMILES string of the molecule is [N-]=[N+]=NCCO[C@H]1O[C@H](C(O)[C@@H]2O[C@H](C(O)C(=O)c3ccccc3)[C@](O)(C(=O)c3ccccc3)[C@@](O)(C(=O)c3ccccc3)[C@@]2(O)C(=O)c2ccccc2)[C@](O)(C(=O)c2ccccc2)[C@@](O)(C(=O)c2ccccc2)[C@@]1(O)C(=O)c1ccccc1. The van der Waals surface area contributed by atoms with Crippen molar-refractivity contribution < 1.29 is 88.6 Å². The third-order valence-corrected chi connectivity index (χ3v) is 15.4. The van der Waals surface area contributed by atoms with Crippen molar-refractivity contribution >= 4 is 40.5 Å². The summed E-state index contributed by atoms with van der Waals surface area (Å²) in [6.07, 6.45) is -19.4. The smallest absolute Gasteiger partial charge is 0.218 e. The van der Waals surface area contributed by atoms with E-state index in [1.165, 1.54) is 140 Å². The zero-order valence-electron chi connectivity index (χ0n) is 44.1. The van der Waals surface area contributed by atoms with Crippen LogP contribution in [0.2, 0.25) is 0 Å². The fraction of sp³-hybridized carbons (Fsp3) is 0.222. The molecule has 7 aromatic carbocycles. The van der Waals surface area contributed by atoms with Gasteiger partial charge in [0.15, 0.2) is 28.9 Å². The third-order valence-electron chi connectivity index (χ3n) is 15.4. The Hall–Kier alpha value is -8.90. The van der Waals surface area contributed by atoms with E-state index in [0.717, 1.165) is 72.8 Å². The van der Waals surface area contributed by atoms with Gasteiger partial charge >= 0.3 is 0 Å². The number of hydrogen-bond acceptors (Lipinski definition) is 19. The topological polar surface area (TPSA) is 358 Å². The molecule has 0 amide bonds. The number of hydrogen-bond donors (Lipinski definition) is 8. The zero-order chi connectivity index (χ0) is 60.2. The Morgan fingerprint density at radius 2 is 0.690 bits per heavy atom. The number of Topliss-reactive ketones (excluding diaryl/α,β-unsaturated/α-hetero) is 7. The summed E-state index contributed by atoms with van der Waals surface area (Å²) in [6.45, 7) is -1.58. The van der Waals surface area contributed by atoms with E-state index in [1.54, 1.807) is 0 Å². The minimum atomic E-state index is -4.60. The lowest BCUT2D eigenvalue weighted by molar-refractivity contribution is -0.382. The van der Waals surface area contributed by atoms with Crippen LogP contribution in [-0.4, -0.2) is 165 Å². The molecule has 21 heteroatoms. The maximum absolute atomic E-state index is 16.0. The van der Waals surface area contributed by atoms with Gasteiger partial charge in [0.25, 0.3) is 0 Å². The largest absolute Gasteiger partial charge is 0.387 e. The van der Waals surface area contributed by atoms with E-state index in [-0.39, 0.29) is 5.56 Å². The Morgan fingerprint density at radius 3 is 1.02 bits per heavy atom. The molecule has 0 saturated carbocycles. The van der Waals surface area contributed by atoms with Gasteiger partial charge in [0.05, 0.1) is 6.61 Å². The number of ketones is 7. The summed E-state index contributed by atoms with van der Waals surface area (Å²) in [4.78, 5) is 112. The molecule has 7 aromatic rings. The van der Waals surface area contributed by atoms with E-state index in [2.05, 4.69) is 10.0 Å². The molecule has 0 spiro atoms. The Bertz CT molecular complexity index is 3640. The van der Waals surface area contributed by atoms with Crippen LogP contribution in [0.5, 0.6) is 0 Å². The highest BCUT2D eigenvalue weighted by Crippen LogP contribution is 2.56. The van der Waals surface area contributed by atoms with Crippen molar-refractivity contribution in [1.82, 2.24) is 0 Å². The molecular weight excluding hydrogens is 1090 g/mol. The van der Waals surface area contributed by atoms with Crippen LogP contribution < -0.4 is 0 Å². The number of carbonyl (C=O) groups excluding carboxylic acids is 7. The average molecular weight is 1140 g/mol. The second-order valence-corrected chi connectivity index (χ2v) is 20.0. The van der Waals surface area contributed by atoms with Gasteiger partial charge in [-0.1, -0.05) is 217 Å². The van der Waals surface area contributed by atoms with Crippen molar-refractivity contribution in [3.8, 4) is 0 Å². The summed E-state index contributed by atoms with van der Waals surface area (Å²) >= 11 is 0. The summed E-state index contributed by atoms with van der Waals surface area (Å²) in [7, 11) is 0. The van der Waals surface area contributed by atoms with Crippen LogP contribution in [-0.2, 0) is 14.2 Å². The molecule has 2 aliphatic rings. The molecule has 0 bridgehead atoms. The maximum Gasteiger partial charge on any atom is 0.218 e. The van der Waals surface area contributed by atoms with E-state index >= 15 is 28.8 Å². The number of aliphatic hydroxyl groups excluding tert-OH is 2. The first-order chi connectivity index (χ1) is 40.2. The number of aliphatic hydroxyl groups is 8. The van der Waals surface area contributed by atoms with Crippen LogP contribution in [0.1, 0.15) is 72.5 Å². The highest BCUT2D eigenvalue weighted by atomic mass is 16.7. The lowest BCUT2D eigenvalue weighted by Crippen LogP contribution is -2.91. The van der Waals surface area contributed by atoms with E-state index < -0.39 is 157 Å². The van der Waals surface area contributed by atoms with E-state index in [0.29, 0.717) is 0 Å². The standard InChI is InChI=1S/C63H53N3O18/c64-66-65-36-37-82-57-61(79,51(73)42-30-16-5-17-31-42)63(81,53(75)44-34-20-7-21-35-44)60(78,50(72)41-28-14-4-15-29-41)56(84-57)47(69)55-59(77,49(71)40-26-12-3-13-27-40)62(80,52(74)43-32-18-6-19-33-43)58(76,48(70)39-24-10-2-11-25-39)54(83-55)46(68)45(67)38-22-8-1-9-23-38/h1-35,46-47,54-57,68-69,76-81H,36-37H2/t46?,47?,54-,55+,56-,57+,58-,59-,60-,61-,62+,63+/m1/s1. The summed E-state index contributed by atoms with van der Waals surface area (Å²) in [5, 5.41) is 113. The maximum atomic E-state index is 16.0.